The average Bonchev–Trinajstić information content (AvgIpc) is 3.37. The number of ether oxygens (including phenoxy) is 1. The molecule has 3 aromatic heterocycles. The van der Waals surface area contributed by atoms with Crippen LogP contribution in [0.2, 0.25) is 0 Å². The first kappa shape index (κ1) is 20.7. The van der Waals surface area contributed by atoms with Crippen LogP contribution < -0.4 is 10.9 Å². The lowest BCUT2D eigenvalue weighted by Gasteiger charge is -2.26. The number of sulfonamides is 1. The molecule has 160 valence electrons. The van der Waals surface area contributed by atoms with Gasteiger partial charge in [-0.25, -0.2) is 13.4 Å². The van der Waals surface area contributed by atoms with Gasteiger partial charge in [0.25, 0.3) is 5.56 Å². The lowest BCUT2D eigenvalue weighted by atomic mass is 10.3. The number of nitrogens with one attached hydrogen (secondary N) is 1. The number of aromatic nitrogens is 2. The van der Waals surface area contributed by atoms with E-state index >= 15 is 0 Å². The van der Waals surface area contributed by atoms with Gasteiger partial charge in [0.15, 0.2) is 0 Å². The minimum Gasteiger partial charge on any atom is -0.467 e. The second-order valence-electron chi connectivity index (χ2n) is 6.72. The minimum absolute atomic E-state index is 0.0188. The molecule has 12 heteroatoms. The standard InChI is InChI=1S/C18H20N4O6S2/c1-12-16(30(25,26)22-4-7-27-8-5-22)15-17(29-12)20-11-21(18(15)24)10-14(23)19-9-13-3-2-6-28-13/h2-3,6,11H,4-5,7-10H2,1H3,(H,19,23). The molecule has 1 aliphatic rings. The van der Waals surface area contributed by atoms with Gasteiger partial charge >= 0.3 is 0 Å². The van der Waals surface area contributed by atoms with Crippen molar-refractivity contribution in [1.29, 1.82) is 0 Å². The van der Waals surface area contributed by atoms with Crippen LogP contribution in [0.4, 0.5) is 0 Å². The van der Waals surface area contributed by atoms with Gasteiger partial charge in [0.1, 0.15) is 22.0 Å². The summed E-state index contributed by atoms with van der Waals surface area (Å²) in [7, 11) is -3.89. The van der Waals surface area contributed by atoms with Crippen LogP contribution in [0.15, 0.2) is 38.8 Å². The summed E-state index contributed by atoms with van der Waals surface area (Å²) in [5.74, 6) is 0.163. The summed E-state index contributed by atoms with van der Waals surface area (Å²) in [5, 5.41) is 2.67. The van der Waals surface area contributed by atoms with Crippen LogP contribution in [0.3, 0.4) is 0 Å². The number of carbonyl (C=O) groups is 1. The van der Waals surface area contributed by atoms with Crippen LogP contribution in [0.25, 0.3) is 10.2 Å². The van der Waals surface area contributed by atoms with Crippen LogP contribution in [0, 0.1) is 6.92 Å². The summed E-state index contributed by atoms with van der Waals surface area (Å²) < 4.78 is 39.2. The maximum Gasteiger partial charge on any atom is 0.263 e. The van der Waals surface area contributed by atoms with E-state index in [0.29, 0.717) is 28.7 Å². The van der Waals surface area contributed by atoms with E-state index < -0.39 is 21.5 Å². The molecular weight excluding hydrogens is 432 g/mol. The number of morpholine rings is 1. The normalized spacial score (nSPS) is 15.5. The molecule has 1 aliphatic heterocycles. The van der Waals surface area contributed by atoms with Crippen LogP contribution in [0.5, 0.6) is 0 Å². The van der Waals surface area contributed by atoms with E-state index in [1.54, 1.807) is 19.1 Å². The van der Waals surface area contributed by atoms with E-state index in [1.807, 2.05) is 0 Å². The highest BCUT2D eigenvalue weighted by molar-refractivity contribution is 7.89. The molecule has 3 aromatic rings. The maximum atomic E-state index is 13.2. The zero-order valence-corrected chi connectivity index (χ0v) is 17.8. The number of fused-ring (bicyclic) bond motifs is 1. The van der Waals surface area contributed by atoms with Gasteiger partial charge in [-0.05, 0) is 19.1 Å². The number of amides is 1. The summed E-state index contributed by atoms with van der Waals surface area (Å²) in [6, 6.07) is 3.43. The number of furan rings is 1. The zero-order chi connectivity index (χ0) is 21.3. The van der Waals surface area contributed by atoms with Crippen molar-refractivity contribution < 1.29 is 22.4 Å². The summed E-state index contributed by atoms with van der Waals surface area (Å²) in [4.78, 5) is 30.3. The Hall–Kier alpha value is -2.54. The molecule has 1 fully saturated rings. The number of rotatable bonds is 6. The van der Waals surface area contributed by atoms with Gasteiger partial charge in [-0.1, -0.05) is 0 Å². The second-order valence-corrected chi connectivity index (χ2v) is 9.80. The van der Waals surface area contributed by atoms with Crippen molar-refractivity contribution in [2.75, 3.05) is 26.3 Å². The average molecular weight is 453 g/mol. The van der Waals surface area contributed by atoms with Gasteiger partial charge in [0.2, 0.25) is 15.9 Å². The molecule has 1 N–H and O–H groups in total. The van der Waals surface area contributed by atoms with E-state index in [0.717, 1.165) is 15.9 Å². The quantitative estimate of drug-likeness (QED) is 0.584. The Kier molecular flexibility index (Phi) is 5.73. The number of thiophene rings is 1. The van der Waals surface area contributed by atoms with E-state index in [1.165, 1.54) is 16.9 Å². The van der Waals surface area contributed by atoms with Crippen molar-refractivity contribution in [3.8, 4) is 0 Å². The molecule has 0 aromatic carbocycles. The summed E-state index contributed by atoms with van der Waals surface area (Å²) in [6.45, 7) is 2.61. The summed E-state index contributed by atoms with van der Waals surface area (Å²) in [6.07, 6.45) is 2.76. The number of nitrogens with zero attached hydrogens (tertiary/aromatic N) is 3. The van der Waals surface area contributed by atoms with Gasteiger partial charge in [-0.2, -0.15) is 4.31 Å². The molecule has 0 bridgehead atoms. The molecule has 30 heavy (non-hydrogen) atoms. The fourth-order valence-corrected chi connectivity index (χ4v) is 6.34. The molecule has 0 aliphatic carbocycles. The fraction of sp³-hybridized carbons (Fsp3) is 0.389. The van der Waals surface area contributed by atoms with E-state index in [4.69, 9.17) is 9.15 Å². The van der Waals surface area contributed by atoms with Crippen LogP contribution >= 0.6 is 11.3 Å². The lowest BCUT2D eigenvalue weighted by molar-refractivity contribution is -0.122. The first-order valence-corrected chi connectivity index (χ1v) is 11.5. The van der Waals surface area contributed by atoms with Crippen LogP contribution in [-0.2, 0) is 32.6 Å². The Morgan fingerprint density at radius 1 is 1.33 bits per heavy atom. The monoisotopic (exact) mass is 452 g/mol. The Morgan fingerprint density at radius 3 is 2.80 bits per heavy atom. The largest absolute Gasteiger partial charge is 0.467 e. The smallest absolute Gasteiger partial charge is 0.263 e. The predicted molar refractivity (Wildman–Crippen MR) is 109 cm³/mol. The van der Waals surface area contributed by atoms with Crippen molar-refractivity contribution in [3.63, 3.8) is 0 Å². The van der Waals surface area contributed by atoms with E-state index in [9.17, 15) is 18.0 Å². The first-order chi connectivity index (χ1) is 14.4. The van der Waals surface area contributed by atoms with Crippen molar-refractivity contribution in [2.45, 2.75) is 24.9 Å². The van der Waals surface area contributed by atoms with E-state index in [-0.39, 0.29) is 36.5 Å². The topological polar surface area (TPSA) is 124 Å². The molecule has 0 unspecified atom stereocenters. The van der Waals surface area contributed by atoms with Crippen molar-refractivity contribution in [3.05, 3.63) is 45.7 Å². The maximum absolute atomic E-state index is 13.2. The van der Waals surface area contributed by atoms with Gasteiger partial charge in [-0.15, -0.1) is 11.3 Å². The third-order valence-corrected chi connectivity index (χ3v) is 7.93. The van der Waals surface area contributed by atoms with Gasteiger partial charge in [-0.3, -0.25) is 14.2 Å². The van der Waals surface area contributed by atoms with Crippen LogP contribution in [0.1, 0.15) is 10.6 Å². The third kappa shape index (κ3) is 3.90. The molecule has 0 spiro atoms. The van der Waals surface area contributed by atoms with Crippen molar-refractivity contribution >= 4 is 37.5 Å². The lowest BCUT2D eigenvalue weighted by Crippen LogP contribution is -2.41. The highest BCUT2D eigenvalue weighted by atomic mass is 32.2. The SMILES string of the molecule is Cc1sc2ncn(CC(=O)NCc3ccco3)c(=O)c2c1S(=O)(=O)N1CCOCC1. The van der Waals surface area contributed by atoms with Gasteiger partial charge < -0.3 is 14.5 Å². The van der Waals surface area contributed by atoms with Crippen molar-refractivity contribution in [1.82, 2.24) is 19.2 Å². The molecule has 0 atom stereocenters. The molecule has 10 nitrogen and oxygen atoms in total. The molecule has 0 radical (unpaired) electrons. The molecule has 4 heterocycles. The van der Waals surface area contributed by atoms with Gasteiger partial charge in [0, 0.05) is 18.0 Å². The highest BCUT2D eigenvalue weighted by Gasteiger charge is 2.32. The number of carbonyl (C=O) groups excluding carboxylic acids is 1. The Balaban J connectivity index is 1.65. The highest BCUT2D eigenvalue weighted by Crippen LogP contribution is 2.33. The van der Waals surface area contributed by atoms with Crippen molar-refractivity contribution in [2.24, 2.45) is 0 Å². The third-order valence-electron chi connectivity index (χ3n) is 4.72. The Bertz CT molecular complexity index is 1220. The first-order valence-electron chi connectivity index (χ1n) is 9.23. The molecule has 1 amide bonds. The number of hydrogen-bond acceptors (Lipinski definition) is 8. The Morgan fingerprint density at radius 2 is 2.10 bits per heavy atom. The predicted octanol–water partition coefficient (Wildman–Crippen LogP) is 0.697. The minimum atomic E-state index is -3.89. The Labute approximate surface area is 176 Å². The van der Waals surface area contributed by atoms with E-state index in [2.05, 4.69) is 10.3 Å². The molecular formula is C18H20N4O6S2. The van der Waals surface area contributed by atoms with Crippen LogP contribution in [-0.4, -0.2) is 54.5 Å². The second kappa shape index (κ2) is 8.30. The molecule has 0 saturated carbocycles. The summed E-state index contributed by atoms with van der Waals surface area (Å²) in [5.41, 5.74) is -0.565. The zero-order valence-electron chi connectivity index (χ0n) is 16.2. The number of aryl methyl sites for hydroxylation is 1. The fourth-order valence-electron chi connectivity index (χ4n) is 3.26. The molecule has 1 saturated heterocycles. The molecule has 4 rings (SSSR count). The van der Waals surface area contributed by atoms with Gasteiger partial charge in [0.05, 0.1) is 37.7 Å². The number of hydrogen-bond donors (Lipinski definition) is 1. The summed E-state index contributed by atoms with van der Waals surface area (Å²) >= 11 is 1.15.